The maximum atomic E-state index is 12.1. The lowest BCUT2D eigenvalue weighted by Crippen LogP contribution is -2.40. The van der Waals surface area contributed by atoms with Crippen LogP contribution in [0.2, 0.25) is 0 Å². The molecule has 31 heavy (non-hydrogen) atoms. The fraction of sp³-hybridized carbons (Fsp3) is 0.760. The first-order chi connectivity index (χ1) is 14.6. The van der Waals surface area contributed by atoms with Crippen molar-refractivity contribution in [3.8, 4) is 0 Å². The van der Waals surface area contributed by atoms with Crippen LogP contribution in [0.3, 0.4) is 0 Å². The highest BCUT2D eigenvalue weighted by molar-refractivity contribution is 5.87. The number of carbonyl (C=O) groups excluding carboxylic acids is 2. The summed E-state index contributed by atoms with van der Waals surface area (Å²) in [6.07, 6.45) is 5.20. The van der Waals surface area contributed by atoms with Gasteiger partial charge in [0.05, 0.1) is 12.2 Å². The van der Waals surface area contributed by atoms with Gasteiger partial charge >= 0.3 is 11.9 Å². The van der Waals surface area contributed by atoms with Gasteiger partial charge in [0.1, 0.15) is 12.2 Å². The van der Waals surface area contributed by atoms with Crippen molar-refractivity contribution in [2.45, 2.75) is 123 Å². The Kier molecular flexibility index (Phi) is 16.1. The molecule has 0 spiro atoms. The number of aliphatic hydroxyl groups excluding tert-OH is 2. The molecule has 0 fully saturated rings. The van der Waals surface area contributed by atoms with E-state index < -0.39 is 36.4 Å². The molecule has 4 atom stereocenters. The van der Waals surface area contributed by atoms with Gasteiger partial charge in [-0.2, -0.15) is 0 Å². The second kappa shape index (κ2) is 17.0. The summed E-state index contributed by atoms with van der Waals surface area (Å²) in [5.41, 5.74) is 0.481. The van der Waals surface area contributed by atoms with Crippen LogP contribution in [-0.2, 0) is 19.1 Å². The van der Waals surface area contributed by atoms with E-state index in [4.69, 9.17) is 9.47 Å². The maximum absolute atomic E-state index is 12.1. The van der Waals surface area contributed by atoms with Crippen molar-refractivity contribution in [2.24, 2.45) is 0 Å². The average molecular weight is 441 g/mol. The van der Waals surface area contributed by atoms with Crippen molar-refractivity contribution in [2.75, 3.05) is 0 Å². The Hall–Kier alpha value is -1.66. The standard InChI is InChI=1S/C25H44O6/c1-7-9-11-12-14-16-22(30-24(28)18(3)4)21(27)17-23(31-25(29)19(5)6)20(26)15-13-10-8-2/h20-23,26-27H,3,5,7-17H2,1-2,4,6H3. The Morgan fingerprint density at radius 3 is 1.68 bits per heavy atom. The Bertz CT molecular complexity index is 556. The second-order valence-electron chi connectivity index (χ2n) is 8.52. The summed E-state index contributed by atoms with van der Waals surface area (Å²) in [5, 5.41) is 21.5. The summed E-state index contributed by atoms with van der Waals surface area (Å²) in [4.78, 5) is 24.1. The highest BCUT2D eigenvalue weighted by atomic mass is 16.6. The summed E-state index contributed by atoms with van der Waals surface area (Å²) in [6, 6.07) is 0. The number of unbranched alkanes of at least 4 members (excludes halogenated alkanes) is 6. The van der Waals surface area contributed by atoms with Gasteiger partial charge in [0.2, 0.25) is 0 Å². The first-order valence-electron chi connectivity index (χ1n) is 11.7. The van der Waals surface area contributed by atoms with Crippen molar-refractivity contribution in [1.82, 2.24) is 0 Å². The zero-order chi connectivity index (χ0) is 23.8. The first-order valence-corrected chi connectivity index (χ1v) is 11.7. The molecule has 0 heterocycles. The molecule has 180 valence electrons. The molecule has 6 nitrogen and oxygen atoms in total. The van der Waals surface area contributed by atoms with Crippen LogP contribution in [0.4, 0.5) is 0 Å². The van der Waals surface area contributed by atoms with Gasteiger partial charge in [-0.3, -0.25) is 0 Å². The number of carbonyl (C=O) groups is 2. The average Bonchev–Trinajstić information content (AvgIpc) is 2.71. The number of hydrogen-bond donors (Lipinski definition) is 2. The molecule has 4 unspecified atom stereocenters. The molecule has 0 amide bonds. The molecule has 0 bridgehead atoms. The molecule has 0 saturated heterocycles. The van der Waals surface area contributed by atoms with Crippen molar-refractivity contribution in [1.29, 1.82) is 0 Å². The van der Waals surface area contributed by atoms with E-state index in [1.165, 1.54) is 6.92 Å². The number of aliphatic hydroxyl groups is 2. The SMILES string of the molecule is C=C(C)C(=O)OC(CCCCCCC)C(O)CC(OC(=O)C(=C)C)C(O)CCCCC. The smallest absolute Gasteiger partial charge is 0.333 e. The molecule has 0 aromatic rings. The predicted molar refractivity (Wildman–Crippen MR) is 124 cm³/mol. The Labute approximate surface area is 188 Å². The number of esters is 2. The van der Waals surface area contributed by atoms with Crippen molar-refractivity contribution < 1.29 is 29.3 Å². The summed E-state index contributed by atoms with van der Waals surface area (Å²) in [6.45, 7) is 14.5. The van der Waals surface area contributed by atoms with E-state index in [0.717, 1.165) is 51.4 Å². The van der Waals surface area contributed by atoms with E-state index in [2.05, 4.69) is 27.0 Å². The molecular weight excluding hydrogens is 396 g/mol. The normalized spacial score (nSPS) is 14.9. The number of ether oxygens (including phenoxy) is 2. The lowest BCUT2D eigenvalue weighted by molar-refractivity contribution is -0.161. The zero-order valence-corrected chi connectivity index (χ0v) is 20.0. The highest BCUT2D eigenvalue weighted by Gasteiger charge is 2.31. The lowest BCUT2D eigenvalue weighted by Gasteiger charge is -2.29. The molecule has 0 aromatic heterocycles. The number of rotatable bonds is 18. The fourth-order valence-electron chi connectivity index (χ4n) is 3.22. The summed E-state index contributed by atoms with van der Waals surface area (Å²) < 4.78 is 10.9. The molecule has 0 aliphatic rings. The van der Waals surface area contributed by atoms with E-state index in [0.29, 0.717) is 12.8 Å². The molecule has 0 aliphatic carbocycles. The Morgan fingerprint density at radius 1 is 0.710 bits per heavy atom. The minimum Gasteiger partial charge on any atom is -0.456 e. The van der Waals surface area contributed by atoms with Crippen LogP contribution < -0.4 is 0 Å². The van der Waals surface area contributed by atoms with E-state index in [1.54, 1.807) is 6.92 Å². The van der Waals surface area contributed by atoms with Gasteiger partial charge in [-0.1, -0.05) is 72.0 Å². The quantitative estimate of drug-likeness (QED) is 0.177. The van der Waals surface area contributed by atoms with Crippen LogP contribution in [0.1, 0.15) is 98.3 Å². The van der Waals surface area contributed by atoms with Crippen molar-refractivity contribution in [3.05, 3.63) is 24.3 Å². The van der Waals surface area contributed by atoms with Gasteiger partial charge in [0.15, 0.2) is 0 Å². The van der Waals surface area contributed by atoms with Crippen molar-refractivity contribution in [3.63, 3.8) is 0 Å². The van der Waals surface area contributed by atoms with E-state index in [9.17, 15) is 19.8 Å². The molecule has 0 aromatic carbocycles. The third-order valence-electron chi connectivity index (χ3n) is 5.24. The monoisotopic (exact) mass is 440 g/mol. The van der Waals surface area contributed by atoms with E-state index in [-0.39, 0.29) is 17.6 Å². The summed E-state index contributed by atoms with van der Waals surface area (Å²) in [5.74, 6) is -1.17. The minimum atomic E-state index is -1.07. The van der Waals surface area contributed by atoms with Crippen LogP contribution in [-0.4, -0.2) is 46.6 Å². The predicted octanol–water partition coefficient (Wildman–Crippen LogP) is 5.01. The minimum absolute atomic E-state index is 0.0184. The molecule has 0 aliphatic heterocycles. The van der Waals surface area contributed by atoms with E-state index >= 15 is 0 Å². The van der Waals surface area contributed by atoms with Crippen LogP contribution in [0.15, 0.2) is 24.3 Å². The molecule has 2 N–H and O–H groups in total. The maximum Gasteiger partial charge on any atom is 0.333 e. The Morgan fingerprint density at radius 2 is 1.16 bits per heavy atom. The summed E-state index contributed by atoms with van der Waals surface area (Å²) >= 11 is 0. The van der Waals surface area contributed by atoms with Crippen LogP contribution in [0, 0.1) is 0 Å². The van der Waals surface area contributed by atoms with Crippen LogP contribution in [0.25, 0.3) is 0 Å². The first kappa shape index (κ1) is 29.3. The van der Waals surface area contributed by atoms with Gasteiger partial charge in [0.25, 0.3) is 0 Å². The van der Waals surface area contributed by atoms with Crippen molar-refractivity contribution >= 4 is 11.9 Å². The van der Waals surface area contributed by atoms with Gasteiger partial charge in [0, 0.05) is 17.6 Å². The van der Waals surface area contributed by atoms with Gasteiger partial charge in [-0.05, 0) is 33.1 Å². The topological polar surface area (TPSA) is 93.1 Å². The molecule has 0 radical (unpaired) electrons. The third-order valence-corrected chi connectivity index (χ3v) is 5.24. The van der Waals surface area contributed by atoms with Gasteiger partial charge in [-0.15, -0.1) is 0 Å². The fourth-order valence-corrected chi connectivity index (χ4v) is 3.22. The zero-order valence-electron chi connectivity index (χ0n) is 20.0. The Balaban J connectivity index is 5.21. The molecule has 6 heteroatoms. The molecule has 0 saturated carbocycles. The van der Waals surface area contributed by atoms with Gasteiger partial charge in [-0.25, -0.2) is 9.59 Å². The highest BCUT2D eigenvalue weighted by Crippen LogP contribution is 2.21. The second-order valence-corrected chi connectivity index (χ2v) is 8.52. The third kappa shape index (κ3) is 13.4. The lowest BCUT2D eigenvalue weighted by atomic mass is 9.96. The summed E-state index contributed by atoms with van der Waals surface area (Å²) in [7, 11) is 0. The number of hydrogen-bond acceptors (Lipinski definition) is 6. The van der Waals surface area contributed by atoms with Crippen LogP contribution >= 0.6 is 0 Å². The molecule has 0 rings (SSSR count). The van der Waals surface area contributed by atoms with Crippen LogP contribution in [0.5, 0.6) is 0 Å². The molecular formula is C25H44O6. The largest absolute Gasteiger partial charge is 0.456 e. The van der Waals surface area contributed by atoms with E-state index in [1.807, 2.05) is 0 Å². The van der Waals surface area contributed by atoms with Gasteiger partial charge < -0.3 is 19.7 Å².